The van der Waals surface area contributed by atoms with Crippen molar-refractivity contribution in [1.82, 2.24) is 0 Å². The summed E-state index contributed by atoms with van der Waals surface area (Å²) in [6, 6.07) is 0. The van der Waals surface area contributed by atoms with Gasteiger partial charge in [0, 0.05) is 11.8 Å². The van der Waals surface area contributed by atoms with Crippen molar-refractivity contribution in [3.8, 4) is 0 Å². The monoisotopic (exact) mass is 246 g/mol. The van der Waals surface area contributed by atoms with Gasteiger partial charge in [-0.2, -0.15) is 0 Å². The normalized spacial score (nSPS) is 43.1. The van der Waals surface area contributed by atoms with E-state index in [1.807, 2.05) is 0 Å². The lowest BCUT2D eigenvalue weighted by Gasteiger charge is -2.26. The molecule has 2 saturated carbocycles. The summed E-state index contributed by atoms with van der Waals surface area (Å²) in [6.45, 7) is 8.31. The van der Waals surface area contributed by atoms with Crippen LogP contribution in [0.2, 0.25) is 0 Å². The third-order valence-electron chi connectivity index (χ3n) is 4.91. The largest absolute Gasteiger partial charge is 0.461 e. The van der Waals surface area contributed by atoms with E-state index in [4.69, 9.17) is 4.74 Å². The molecule has 3 fully saturated rings. The van der Waals surface area contributed by atoms with E-state index in [1.165, 1.54) is 5.57 Å². The van der Waals surface area contributed by atoms with Crippen LogP contribution in [-0.4, -0.2) is 18.4 Å². The molecule has 0 aromatic rings. The number of rotatable bonds is 1. The number of aldehydes is 1. The summed E-state index contributed by atoms with van der Waals surface area (Å²) in [5.41, 5.74) is 2.41. The third-order valence-corrected chi connectivity index (χ3v) is 4.91. The minimum Gasteiger partial charge on any atom is -0.461 e. The van der Waals surface area contributed by atoms with Crippen molar-refractivity contribution in [1.29, 1.82) is 0 Å². The predicted molar refractivity (Wildman–Crippen MR) is 66.7 cm³/mol. The third kappa shape index (κ3) is 1.49. The number of fused-ring (bicyclic) bond motifs is 3. The summed E-state index contributed by atoms with van der Waals surface area (Å²) in [6.07, 6.45) is 4.39. The lowest BCUT2D eigenvalue weighted by Crippen LogP contribution is -2.30. The molecule has 5 atom stereocenters. The average molecular weight is 246 g/mol. The number of ether oxygens (including phenoxy) is 1. The van der Waals surface area contributed by atoms with Crippen LogP contribution in [0.25, 0.3) is 0 Å². The fourth-order valence-corrected chi connectivity index (χ4v) is 3.95. The molecule has 1 heterocycles. The molecule has 0 spiro atoms. The van der Waals surface area contributed by atoms with Crippen LogP contribution in [0.1, 0.15) is 25.7 Å². The Labute approximate surface area is 107 Å². The molecule has 3 aliphatic rings. The van der Waals surface area contributed by atoms with Crippen molar-refractivity contribution >= 4 is 12.3 Å². The number of hydrogen-bond donors (Lipinski definition) is 0. The van der Waals surface area contributed by atoms with Gasteiger partial charge >= 0.3 is 5.97 Å². The summed E-state index contributed by atoms with van der Waals surface area (Å²) in [5, 5.41) is 0. The Balaban J connectivity index is 1.98. The van der Waals surface area contributed by atoms with E-state index in [9.17, 15) is 9.59 Å². The second kappa shape index (κ2) is 4.08. The van der Waals surface area contributed by atoms with Crippen molar-refractivity contribution < 1.29 is 14.3 Å². The molecule has 0 aromatic heterocycles. The highest BCUT2D eigenvalue weighted by atomic mass is 16.6. The van der Waals surface area contributed by atoms with Crippen LogP contribution >= 0.6 is 0 Å². The highest BCUT2D eigenvalue weighted by Crippen LogP contribution is 2.51. The molecule has 0 amide bonds. The fourth-order valence-electron chi connectivity index (χ4n) is 3.95. The Kier molecular flexibility index (Phi) is 2.65. The SMILES string of the molecule is C=C1CC[C@H]2C(=C)CC[C@@H]3[C@H](OC(=O)[C@H]3C=O)[C@@H]12. The highest BCUT2D eigenvalue weighted by Gasteiger charge is 2.53. The first-order chi connectivity index (χ1) is 8.63. The van der Waals surface area contributed by atoms with Gasteiger partial charge in [-0.15, -0.1) is 0 Å². The zero-order valence-corrected chi connectivity index (χ0v) is 10.4. The second-order valence-corrected chi connectivity index (χ2v) is 5.75. The van der Waals surface area contributed by atoms with Gasteiger partial charge in [-0.1, -0.05) is 24.3 Å². The van der Waals surface area contributed by atoms with E-state index in [2.05, 4.69) is 13.2 Å². The molecule has 0 aromatic carbocycles. The Hall–Kier alpha value is -1.38. The molecule has 1 saturated heterocycles. The molecular weight excluding hydrogens is 228 g/mol. The van der Waals surface area contributed by atoms with Gasteiger partial charge in [0.1, 0.15) is 18.3 Å². The molecule has 0 radical (unpaired) electrons. The van der Waals surface area contributed by atoms with E-state index < -0.39 is 5.92 Å². The van der Waals surface area contributed by atoms with Crippen LogP contribution in [-0.2, 0) is 14.3 Å². The molecule has 3 heteroatoms. The van der Waals surface area contributed by atoms with E-state index in [0.717, 1.165) is 37.5 Å². The van der Waals surface area contributed by atoms with Crippen LogP contribution in [0, 0.1) is 23.7 Å². The maximum absolute atomic E-state index is 11.8. The lowest BCUT2D eigenvalue weighted by molar-refractivity contribution is -0.146. The van der Waals surface area contributed by atoms with Crippen LogP contribution in [0.5, 0.6) is 0 Å². The average Bonchev–Trinajstić information content (AvgIpc) is 2.82. The molecule has 0 unspecified atom stereocenters. The van der Waals surface area contributed by atoms with Gasteiger partial charge in [0.25, 0.3) is 0 Å². The molecular formula is C15H18O3. The summed E-state index contributed by atoms with van der Waals surface area (Å²) < 4.78 is 5.51. The Morgan fingerprint density at radius 3 is 2.61 bits per heavy atom. The van der Waals surface area contributed by atoms with E-state index in [0.29, 0.717) is 5.92 Å². The van der Waals surface area contributed by atoms with Gasteiger partial charge in [-0.3, -0.25) is 4.79 Å². The summed E-state index contributed by atoms with van der Waals surface area (Å²) in [4.78, 5) is 22.8. The molecule has 1 aliphatic heterocycles. The highest BCUT2D eigenvalue weighted by molar-refractivity contribution is 5.90. The van der Waals surface area contributed by atoms with Crippen LogP contribution in [0.4, 0.5) is 0 Å². The second-order valence-electron chi connectivity index (χ2n) is 5.75. The van der Waals surface area contributed by atoms with Gasteiger partial charge in [0.2, 0.25) is 0 Å². The number of allylic oxidation sites excluding steroid dienone is 1. The maximum Gasteiger partial charge on any atom is 0.316 e. The first kappa shape index (κ1) is 11.7. The minimum atomic E-state index is -0.574. The van der Waals surface area contributed by atoms with Gasteiger partial charge in [0.15, 0.2) is 0 Å². The standard InChI is InChI=1S/C15H18O3/c1-8-3-6-11-12(7-16)15(17)18-14(11)13-9(2)4-5-10(8)13/h7,10-14H,1-6H2/t10-,11-,12-,13-,14-/m0/s1. The zero-order chi connectivity index (χ0) is 12.9. The number of esters is 1. The van der Waals surface area contributed by atoms with E-state index >= 15 is 0 Å². The first-order valence-electron chi connectivity index (χ1n) is 6.64. The summed E-state index contributed by atoms with van der Waals surface area (Å²) in [7, 11) is 0. The smallest absolute Gasteiger partial charge is 0.316 e. The topological polar surface area (TPSA) is 43.4 Å². The quantitative estimate of drug-likeness (QED) is 0.308. The number of carbonyl (C=O) groups is 2. The molecule has 3 nitrogen and oxygen atoms in total. The van der Waals surface area contributed by atoms with Crippen molar-refractivity contribution in [2.45, 2.75) is 31.8 Å². The molecule has 96 valence electrons. The Morgan fingerprint density at radius 1 is 1.17 bits per heavy atom. The molecule has 2 aliphatic carbocycles. The number of carbonyl (C=O) groups excluding carboxylic acids is 2. The maximum atomic E-state index is 11.8. The fraction of sp³-hybridized carbons (Fsp3) is 0.600. The molecule has 3 rings (SSSR count). The van der Waals surface area contributed by atoms with Crippen LogP contribution in [0.15, 0.2) is 24.3 Å². The van der Waals surface area contributed by atoms with E-state index in [-0.39, 0.29) is 23.9 Å². The van der Waals surface area contributed by atoms with Gasteiger partial charge in [0.05, 0.1) is 0 Å². The predicted octanol–water partition coefficient (Wildman–Crippen LogP) is 2.28. The summed E-state index contributed by atoms with van der Waals surface area (Å²) >= 11 is 0. The lowest BCUT2D eigenvalue weighted by atomic mass is 9.80. The molecule has 18 heavy (non-hydrogen) atoms. The molecule has 0 bridgehead atoms. The zero-order valence-electron chi connectivity index (χ0n) is 10.4. The van der Waals surface area contributed by atoms with Gasteiger partial charge in [-0.25, -0.2) is 0 Å². The minimum absolute atomic E-state index is 0.0246. The first-order valence-corrected chi connectivity index (χ1v) is 6.64. The van der Waals surface area contributed by atoms with Crippen molar-refractivity contribution in [3.63, 3.8) is 0 Å². The Bertz CT molecular complexity index is 437. The summed E-state index contributed by atoms with van der Waals surface area (Å²) in [5.74, 6) is -0.304. The van der Waals surface area contributed by atoms with Crippen molar-refractivity contribution in [2.75, 3.05) is 0 Å². The van der Waals surface area contributed by atoms with Crippen LogP contribution in [0.3, 0.4) is 0 Å². The van der Waals surface area contributed by atoms with Crippen molar-refractivity contribution in [2.24, 2.45) is 23.7 Å². The van der Waals surface area contributed by atoms with Gasteiger partial charge < -0.3 is 9.53 Å². The van der Waals surface area contributed by atoms with Gasteiger partial charge in [-0.05, 0) is 31.6 Å². The van der Waals surface area contributed by atoms with Crippen LogP contribution < -0.4 is 0 Å². The van der Waals surface area contributed by atoms with E-state index in [1.54, 1.807) is 0 Å². The molecule has 0 N–H and O–H groups in total. The Morgan fingerprint density at radius 2 is 1.89 bits per heavy atom. The number of hydrogen-bond acceptors (Lipinski definition) is 3. The van der Waals surface area contributed by atoms with Crippen molar-refractivity contribution in [3.05, 3.63) is 24.3 Å².